The normalized spacial score (nSPS) is 15.5. The van der Waals surface area contributed by atoms with Crippen molar-refractivity contribution in [2.24, 2.45) is 11.1 Å². The van der Waals surface area contributed by atoms with Crippen LogP contribution in [0.2, 0.25) is 0 Å². The monoisotopic (exact) mass is 307 g/mol. The Kier molecular flexibility index (Phi) is 5.11. The van der Waals surface area contributed by atoms with Crippen molar-refractivity contribution in [1.82, 2.24) is 0 Å². The summed E-state index contributed by atoms with van der Waals surface area (Å²) in [5.74, 6) is -0.270. The molecule has 2 atom stereocenters. The van der Waals surface area contributed by atoms with E-state index in [4.69, 9.17) is 10.5 Å². The van der Waals surface area contributed by atoms with Gasteiger partial charge in [-0.25, -0.2) is 0 Å². The van der Waals surface area contributed by atoms with Crippen molar-refractivity contribution in [1.29, 1.82) is 0 Å². The van der Waals surface area contributed by atoms with Gasteiger partial charge in [-0.2, -0.15) is 0 Å². The van der Waals surface area contributed by atoms with Crippen LogP contribution in [0.15, 0.2) is 18.2 Å². The van der Waals surface area contributed by atoms with Crippen LogP contribution in [0.3, 0.4) is 0 Å². The number of benzene rings is 1. The molecule has 1 rings (SSSR count). The highest BCUT2D eigenvalue weighted by molar-refractivity contribution is 5.43. The standard InChI is InChI=1S/C14H20F3NO3/c1-13(2,3)12(19)11(18)9-6-5-8(7-10(9)20-4)21-14(15,16)17/h5-7,11-12,19H,18H2,1-4H3/t11-,12-/m1/s1. The number of aliphatic hydroxyl groups is 1. The van der Waals surface area contributed by atoms with Gasteiger partial charge in [0.2, 0.25) is 0 Å². The van der Waals surface area contributed by atoms with Gasteiger partial charge in [-0.05, 0) is 17.5 Å². The molecule has 3 N–H and O–H groups in total. The van der Waals surface area contributed by atoms with Gasteiger partial charge in [-0.3, -0.25) is 0 Å². The summed E-state index contributed by atoms with van der Waals surface area (Å²) in [6.07, 6.45) is -5.67. The SMILES string of the molecule is COc1cc(OC(F)(F)F)ccc1[C@@H](N)[C@@H](O)C(C)(C)C. The lowest BCUT2D eigenvalue weighted by atomic mass is 9.82. The second-order valence-corrected chi connectivity index (χ2v) is 5.79. The maximum Gasteiger partial charge on any atom is 0.573 e. The largest absolute Gasteiger partial charge is 0.573 e. The first-order chi connectivity index (χ1) is 9.45. The zero-order valence-electron chi connectivity index (χ0n) is 12.4. The first kappa shape index (κ1) is 17.6. The third-order valence-electron chi connectivity index (χ3n) is 3.03. The minimum Gasteiger partial charge on any atom is -0.496 e. The number of alkyl halides is 3. The van der Waals surface area contributed by atoms with Crippen LogP contribution in [-0.4, -0.2) is 24.7 Å². The van der Waals surface area contributed by atoms with Crippen molar-refractivity contribution in [3.8, 4) is 11.5 Å². The first-order valence-corrected chi connectivity index (χ1v) is 6.33. The highest BCUT2D eigenvalue weighted by Crippen LogP contribution is 2.36. The number of rotatable bonds is 4. The van der Waals surface area contributed by atoms with E-state index >= 15 is 0 Å². The van der Waals surface area contributed by atoms with Crippen molar-refractivity contribution in [2.45, 2.75) is 39.3 Å². The fraction of sp³-hybridized carbons (Fsp3) is 0.571. The molecule has 0 saturated heterocycles. The summed E-state index contributed by atoms with van der Waals surface area (Å²) in [4.78, 5) is 0. The molecule has 0 heterocycles. The Morgan fingerprint density at radius 1 is 1.19 bits per heavy atom. The van der Waals surface area contributed by atoms with E-state index in [2.05, 4.69) is 4.74 Å². The fourth-order valence-corrected chi connectivity index (χ4v) is 1.87. The summed E-state index contributed by atoms with van der Waals surface area (Å²) < 4.78 is 45.4. The highest BCUT2D eigenvalue weighted by Gasteiger charge is 2.33. The molecule has 0 aliphatic rings. The molecule has 0 radical (unpaired) electrons. The lowest BCUT2D eigenvalue weighted by Gasteiger charge is -2.31. The Balaban J connectivity index is 3.09. The summed E-state index contributed by atoms with van der Waals surface area (Å²) >= 11 is 0. The predicted octanol–water partition coefficient (Wildman–Crippen LogP) is 3.00. The molecule has 0 aromatic heterocycles. The van der Waals surface area contributed by atoms with E-state index in [0.29, 0.717) is 5.56 Å². The molecule has 0 fully saturated rings. The Labute approximate surface area is 121 Å². The number of aliphatic hydroxyl groups excluding tert-OH is 1. The highest BCUT2D eigenvalue weighted by atomic mass is 19.4. The van der Waals surface area contributed by atoms with Crippen molar-refractivity contribution >= 4 is 0 Å². The second-order valence-electron chi connectivity index (χ2n) is 5.79. The van der Waals surface area contributed by atoms with Crippen molar-refractivity contribution in [3.63, 3.8) is 0 Å². The van der Waals surface area contributed by atoms with Crippen LogP contribution in [0.25, 0.3) is 0 Å². The molecular formula is C14H20F3NO3. The number of halogens is 3. The second kappa shape index (κ2) is 6.11. The van der Waals surface area contributed by atoms with Crippen LogP contribution in [-0.2, 0) is 0 Å². The molecule has 4 nitrogen and oxygen atoms in total. The predicted molar refractivity (Wildman–Crippen MR) is 72.1 cm³/mol. The summed E-state index contributed by atoms with van der Waals surface area (Å²) in [6, 6.07) is 2.80. The van der Waals surface area contributed by atoms with Crippen LogP contribution in [0.1, 0.15) is 32.4 Å². The van der Waals surface area contributed by atoms with Gasteiger partial charge in [-0.15, -0.1) is 13.2 Å². The van der Waals surface area contributed by atoms with Crippen LogP contribution in [0.5, 0.6) is 11.5 Å². The zero-order valence-corrected chi connectivity index (χ0v) is 12.4. The quantitative estimate of drug-likeness (QED) is 0.897. The summed E-state index contributed by atoms with van der Waals surface area (Å²) in [7, 11) is 1.31. The number of nitrogens with two attached hydrogens (primary N) is 1. The lowest BCUT2D eigenvalue weighted by molar-refractivity contribution is -0.274. The van der Waals surface area contributed by atoms with Crippen molar-refractivity contribution < 1.29 is 27.8 Å². The zero-order chi connectivity index (χ0) is 16.4. The van der Waals surface area contributed by atoms with Crippen LogP contribution in [0, 0.1) is 5.41 Å². The number of methoxy groups -OCH3 is 1. The Morgan fingerprint density at radius 2 is 1.76 bits per heavy atom. The minimum absolute atomic E-state index is 0.132. The molecule has 0 saturated carbocycles. The molecule has 0 bridgehead atoms. The first-order valence-electron chi connectivity index (χ1n) is 6.33. The van der Waals surface area contributed by atoms with Gasteiger partial charge in [0.15, 0.2) is 0 Å². The van der Waals surface area contributed by atoms with E-state index in [9.17, 15) is 18.3 Å². The van der Waals surface area contributed by atoms with E-state index in [0.717, 1.165) is 12.1 Å². The van der Waals surface area contributed by atoms with Crippen LogP contribution >= 0.6 is 0 Å². The molecular weight excluding hydrogens is 287 g/mol. The smallest absolute Gasteiger partial charge is 0.496 e. The third-order valence-corrected chi connectivity index (χ3v) is 3.03. The number of hydrogen-bond acceptors (Lipinski definition) is 4. The summed E-state index contributed by atoms with van der Waals surface area (Å²) in [5, 5.41) is 10.2. The van der Waals surface area contributed by atoms with Gasteiger partial charge in [0.25, 0.3) is 0 Å². The maximum absolute atomic E-state index is 12.2. The number of hydrogen-bond donors (Lipinski definition) is 2. The van der Waals surface area contributed by atoms with E-state index in [1.807, 2.05) is 20.8 Å². The third kappa shape index (κ3) is 4.78. The van der Waals surface area contributed by atoms with Crippen molar-refractivity contribution in [2.75, 3.05) is 7.11 Å². The maximum atomic E-state index is 12.2. The molecule has 0 unspecified atom stereocenters. The van der Waals surface area contributed by atoms with Gasteiger partial charge in [0.1, 0.15) is 11.5 Å². The molecule has 0 spiro atoms. The summed E-state index contributed by atoms with van der Waals surface area (Å²) in [5.41, 5.74) is 5.92. The van der Waals surface area contributed by atoms with Gasteiger partial charge in [-0.1, -0.05) is 20.8 Å². The van der Waals surface area contributed by atoms with Crippen LogP contribution in [0.4, 0.5) is 13.2 Å². The molecule has 120 valence electrons. The van der Waals surface area contributed by atoms with Crippen LogP contribution < -0.4 is 15.2 Å². The molecule has 21 heavy (non-hydrogen) atoms. The van der Waals surface area contributed by atoms with E-state index < -0.39 is 29.7 Å². The van der Waals surface area contributed by atoms with Gasteiger partial charge in [0, 0.05) is 11.6 Å². The molecule has 0 aliphatic carbocycles. The Bertz CT molecular complexity index is 483. The fourth-order valence-electron chi connectivity index (χ4n) is 1.87. The topological polar surface area (TPSA) is 64.7 Å². The molecule has 0 amide bonds. The molecule has 7 heteroatoms. The van der Waals surface area contributed by atoms with E-state index in [1.165, 1.54) is 13.2 Å². The molecule has 1 aromatic carbocycles. The minimum atomic E-state index is -4.78. The van der Waals surface area contributed by atoms with E-state index in [-0.39, 0.29) is 5.75 Å². The van der Waals surface area contributed by atoms with Gasteiger partial charge >= 0.3 is 6.36 Å². The van der Waals surface area contributed by atoms with Gasteiger partial charge < -0.3 is 20.3 Å². The Morgan fingerprint density at radius 3 is 2.19 bits per heavy atom. The lowest BCUT2D eigenvalue weighted by Crippen LogP contribution is -2.37. The molecule has 0 aliphatic heterocycles. The van der Waals surface area contributed by atoms with E-state index in [1.54, 1.807) is 0 Å². The molecule has 1 aromatic rings. The number of ether oxygens (including phenoxy) is 2. The average molecular weight is 307 g/mol. The average Bonchev–Trinajstić information content (AvgIpc) is 2.33. The van der Waals surface area contributed by atoms with Gasteiger partial charge in [0.05, 0.1) is 19.3 Å². The van der Waals surface area contributed by atoms with Crippen molar-refractivity contribution in [3.05, 3.63) is 23.8 Å². The Hall–Kier alpha value is -1.47. The summed E-state index contributed by atoms with van der Waals surface area (Å²) in [6.45, 7) is 5.43.